The van der Waals surface area contributed by atoms with E-state index >= 15 is 0 Å². The molecule has 0 bridgehead atoms. The highest BCUT2D eigenvalue weighted by molar-refractivity contribution is 7.13. The van der Waals surface area contributed by atoms with E-state index in [1.54, 1.807) is 18.2 Å². The molecule has 0 fully saturated rings. The molecule has 2 N–H and O–H groups in total. The molecule has 2 aromatic rings. The van der Waals surface area contributed by atoms with Gasteiger partial charge in [0, 0.05) is 24.5 Å². The lowest BCUT2D eigenvalue weighted by Gasteiger charge is -2.16. The fraction of sp³-hybridized carbons (Fsp3) is 0.333. The molecule has 2 aromatic heterocycles. The quantitative estimate of drug-likeness (QED) is 0.915. The number of aryl methyl sites for hydroxylation is 1. The van der Waals surface area contributed by atoms with Gasteiger partial charge in [-0.2, -0.15) is 0 Å². The zero-order valence-corrected chi connectivity index (χ0v) is 11.2. The van der Waals surface area contributed by atoms with Crippen molar-refractivity contribution in [1.29, 1.82) is 0 Å². The van der Waals surface area contributed by atoms with Crippen molar-refractivity contribution in [2.75, 3.05) is 12.8 Å². The van der Waals surface area contributed by atoms with Gasteiger partial charge in [0.05, 0.1) is 18.4 Å². The minimum atomic E-state index is 0.0147. The molecule has 0 atom stereocenters. The largest absolute Gasteiger partial charge is 0.469 e. The molecule has 0 unspecified atom stereocenters. The number of hydrogen-bond acceptors (Lipinski definition) is 5. The van der Waals surface area contributed by atoms with Crippen LogP contribution in [0.2, 0.25) is 0 Å². The smallest absolute Gasteiger partial charge is 0.228 e. The average Bonchev–Trinajstić information content (AvgIpc) is 2.89. The molecule has 0 aromatic carbocycles. The Balaban J connectivity index is 1.95. The van der Waals surface area contributed by atoms with E-state index in [0.29, 0.717) is 11.7 Å². The Morgan fingerprint density at radius 1 is 1.61 bits per heavy atom. The summed E-state index contributed by atoms with van der Waals surface area (Å²) in [5.41, 5.74) is 7.27. The summed E-state index contributed by atoms with van der Waals surface area (Å²) in [6, 6.07) is 1.87. The maximum absolute atomic E-state index is 12.0. The molecule has 0 aliphatic heterocycles. The van der Waals surface area contributed by atoms with Gasteiger partial charge in [-0.15, -0.1) is 11.3 Å². The number of hydrogen-bond donors (Lipinski definition) is 1. The van der Waals surface area contributed by atoms with Crippen LogP contribution in [0.15, 0.2) is 22.1 Å². The lowest BCUT2D eigenvalue weighted by molar-refractivity contribution is -0.129. The van der Waals surface area contributed by atoms with E-state index in [9.17, 15) is 4.79 Å². The van der Waals surface area contributed by atoms with Gasteiger partial charge in [0.2, 0.25) is 5.91 Å². The van der Waals surface area contributed by atoms with Crippen molar-refractivity contribution in [3.05, 3.63) is 34.7 Å². The van der Waals surface area contributed by atoms with Gasteiger partial charge < -0.3 is 15.1 Å². The summed E-state index contributed by atoms with van der Waals surface area (Å²) in [4.78, 5) is 17.7. The fourth-order valence-electron chi connectivity index (χ4n) is 1.61. The highest BCUT2D eigenvalue weighted by Gasteiger charge is 2.13. The van der Waals surface area contributed by atoms with Gasteiger partial charge in [-0.1, -0.05) is 0 Å². The summed E-state index contributed by atoms with van der Waals surface area (Å²) < 4.78 is 5.20. The van der Waals surface area contributed by atoms with Gasteiger partial charge in [0.15, 0.2) is 5.13 Å². The second kappa shape index (κ2) is 5.22. The van der Waals surface area contributed by atoms with E-state index in [2.05, 4.69) is 4.98 Å². The summed E-state index contributed by atoms with van der Waals surface area (Å²) in [6.45, 7) is 2.43. The van der Waals surface area contributed by atoms with Crippen molar-refractivity contribution in [2.45, 2.75) is 19.9 Å². The van der Waals surface area contributed by atoms with Crippen LogP contribution < -0.4 is 5.73 Å². The summed E-state index contributed by atoms with van der Waals surface area (Å²) in [5, 5.41) is 2.30. The Hall–Kier alpha value is -1.82. The van der Waals surface area contributed by atoms with Crippen molar-refractivity contribution in [3.63, 3.8) is 0 Å². The standard InChI is InChI=1S/C12H15N3O2S/c1-8-9(3-4-17-8)6-15(2)11(16)5-10-7-18-12(13)14-10/h3-4,7H,5-6H2,1-2H3,(H2,13,14). The van der Waals surface area contributed by atoms with Crippen LogP contribution >= 0.6 is 11.3 Å². The summed E-state index contributed by atoms with van der Waals surface area (Å²) in [7, 11) is 1.77. The number of thiazole rings is 1. The molecule has 0 saturated heterocycles. The van der Waals surface area contributed by atoms with Crippen LogP contribution in [0.4, 0.5) is 5.13 Å². The number of amides is 1. The molecule has 2 rings (SSSR count). The monoisotopic (exact) mass is 265 g/mol. The SMILES string of the molecule is Cc1occc1CN(C)C(=O)Cc1csc(N)n1. The molecular formula is C12H15N3O2S. The van der Waals surface area contributed by atoms with Crippen molar-refractivity contribution in [2.24, 2.45) is 0 Å². The molecule has 1 amide bonds. The number of nitrogens with two attached hydrogens (primary N) is 1. The number of aromatic nitrogens is 1. The molecule has 5 nitrogen and oxygen atoms in total. The highest BCUT2D eigenvalue weighted by Crippen LogP contribution is 2.14. The van der Waals surface area contributed by atoms with Crippen LogP contribution in [-0.4, -0.2) is 22.8 Å². The molecule has 96 valence electrons. The summed E-state index contributed by atoms with van der Waals surface area (Å²) in [6.07, 6.45) is 1.91. The zero-order chi connectivity index (χ0) is 13.1. The molecule has 2 heterocycles. The molecule has 6 heteroatoms. The molecule has 0 radical (unpaired) electrons. The first-order valence-corrected chi connectivity index (χ1v) is 6.41. The van der Waals surface area contributed by atoms with E-state index < -0.39 is 0 Å². The maximum atomic E-state index is 12.0. The van der Waals surface area contributed by atoms with Gasteiger partial charge in [0.1, 0.15) is 5.76 Å². The number of nitrogen functional groups attached to an aromatic ring is 1. The topological polar surface area (TPSA) is 72.4 Å². The first-order chi connectivity index (χ1) is 8.56. The Morgan fingerprint density at radius 3 is 2.94 bits per heavy atom. The third kappa shape index (κ3) is 2.89. The first kappa shape index (κ1) is 12.6. The van der Waals surface area contributed by atoms with E-state index in [0.717, 1.165) is 17.0 Å². The second-order valence-electron chi connectivity index (χ2n) is 4.11. The number of carbonyl (C=O) groups excluding carboxylic acids is 1. The molecule has 0 spiro atoms. The predicted molar refractivity (Wildman–Crippen MR) is 70.1 cm³/mol. The number of furan rings is 1. The highest BCUT2D eigenvalue weighted by atomic mass is 32.1. The van der Waals surface area contributed by atoms with Gasteiger partial charge in [-0.3, -0.25) is 4.79 Å². The lowest BCUT2D eigenvalue weighted by atomic mass is 10.2. The van der Waals surface area contributed by atoms with E-state index in [1.807, 2.05) is 18.4 Å². The second-order valence-corrected chi connectivity index (χ2v) is 5.00. The van der Waals surface area contributed by atoms with Crippen molar-refractivity contribution >= 4 is 22.4 Å². The van der Waals surface area contributed by atoms with Gasteiger partial charge in [-0.25, -0.2) is 4.98 Å². The zero-order valence-electron chi connectivity index (χ0n) is 10.3. The number of carbonyl (C=O) groups is 1. The predicted octanol–water partition coefficient (Wildman–Crippen LogP) is 1.83. The fourth-order valence-corrected chi connectivity index (χ4v) is 2.18. The van der Waals surface area contributed by atoms with Gasteiger partial charge in [-0.05, 0) is 13.0 Å². The molecule has 0 saturated carbocycles. The number of rotatable bonds is 4. The summed E-state index contributed by atoms with van der Waals surface area (Å²) in [5.74, 6) is 0.855. The van der Waals surface area contributed by atoms with Crippen molar-refractivity contribution < 1.29 is 9.21 Å². The van der Waals surface area contributed by atoms with Gasteiger partial charge in [0.25, 0.3) is 0 Å². The van der Waals surface area contributed by atoms with Gasteiger partial charge >= 0.3 is 0 Å². The van der Waals surface area contributed by atoms with Crippen molar-refractivity contribution in [1.82, 2.24) is 9.88 Å². The normalized spacial score (nSPS) is 10.6. The van der Waals surface area contributed by atoms with E-state index in [1.165, 1.54) is 11.3 Å². The van der Waals surface area contributed by atoms with E-state index in [4.69, 9.17) is 10.2 Å². The van der Waals surface area contributed by atoms with Crippen LogP contribution in [0.25, 0.3) is 0 Å². The molecule has 0 aliphatic carbocycles. The van der Waals surface area contributed by atoms with Crippen LogP contribution in [0, 0.1) is 6.92 Å². The first-order valence-electron chi connectivity index (χ1n) is 5.53. The minimum absolute atomic E-state index is 0.0147. The third-order valence-corrected chi connectivity index (χ3v) is 3.42. The summed E-state index contributed by atoms with van der Waals surface area (Å²) >= 11 is 1.35. The average molecular weight is 265 g/mol. The number of likely N-dealkylation sites (N-methyl/N-ethyl adjacent to an activating group) is 1. The minimum Gasteiger partial charge on any atom is -0.469 e. The van der Waals surface area contributed by atoms with Crippen LogP contribution in [0.5, 0.6) is 0 Å². The number of nitrogens with zero attached hydrogens (tertiary/aromatic N) is 2. The maximum Gasteiger partial charge on any atom is 0.228 e. The Bertz CT molecular complexity index is 547. The van der Waals surface area contributed by atoms with Crippen molar-refractivity contribution in [3.8, 4) is 0 Å². The molecule has 18 heavy (non-hydrogen) atoms. The Morgan fingerprint density at radius 2 is 2.39 bits per heavy atom. The van der Waals surface area contributed by atoms with Crippen LogP contribution in [0.1, 0.15) is 17.0 Å². The van der Waals surface area contributed by atoms with Crippen LogP contribution in [0.3, 0.4) is 0 Å². The Kier molecular flexibility index (Phi) is 3.66. The van der Waals surface area contributed by atoms with E-state index in [-0.39, 0.29) is 12.3 Å². The number of anilines is 1. The molecular weight excluding hydrogens is 250 g/mol. The van der Waals surface area contributed by atoms with Crippen LogP contribution in [-0.2, 0) is 17.8 Å². The Labute approximate surface area is 109 Å². The lowest BCUT2D eigenvalue weighted by Crippen LogP contribution is -2.27. The molecule has 0 aliphatic rings. The third-order valence-electron chi connectivity index (χ3n) is 2.70.